The van der Waals surface area contributed by atoms with Crippen LogP contribution in [0.1, 0.15) is 158 Å². The first-order chi connectivity index (χ1) is 41.1. The molecule has 0 N–H and O–H groups in total. The molecule has 0 bridgehead atoms. The van der Waals surface area contributed by atoms with Crippen LogP contribution < -0.4 is 9.30 Å². The maximum absolute atomic E-state index is 10.1. The molecule has 0 atom stereocenters. The van der Waals surface area contributed by atoms with Crippen molar-refractivity contribution in [3.05, 3.63) is 174 Å². The zero-order valence-corrected chi connectivity index (χ0v) is 39.2. The van der Waals surface area contributed by atoms with E-state index in [1.807, 2.05) is 55.7 Å². The molecule has 0 radical (unpaired) electrons. The van der Waals surface area contributed by atoms with Crippen LogP contribution >= 0.6 is 0 Å². The van der Waals surface area contributed by atoms with Crippen LogP contribution in [0.25, 0.3) is 61.2 Å². The summed E-state index contributed by atoms with van der Waals surface area (Å²) in [5, 5.41) is 1.61. The number of nitrogens with zero attached hydrogens (tertiary/aromatic N) is 4. The first kappa shape index (κ1) is 25.6. The minimum Gasteiger partial charge on any atom is -0.510 e. The molecule has 9 aromatic rings. The van der Waals surface area contributed by atoms with Gasteiger partial charge in [0.2, 0.25) is 0 Å². The number of ether oxygens (including phenoxy) is 1. The summed E-state index contributed by atoms with van der Waals surface area (Å²) in [6.45, 7) is -13.9. The Bertz CT molecular complexity index is 4300. The summed E-state index contributed by atoms with van der Waals surface area (Å²) in [6.07, 6.45) is -0.450. The van der Waals surface area contributed by atoms with E-state index in [1.54, 1.807) is 69.8 Å². The van der Waals surface area contributed by atoms with E-state index in [0.717, 1.165) is 35.6 Å². The SMILES string of the molecule is [2H]c1c([2H])c2c(c([2H])c1-c1cccc(C(C)(C)C)c1-[n+]1[c-]n(-c3[c-]c(Oc4[c-]c5c(cc4)c4ccccc4n5-c4cc(C([2H])([2H])[2H])c(C5([2H])CCCCC5)cn4)ccc3)c3ccccc31)C(C([2H])([2H])[2H])(C([2H])([2H])[2H])C([2H])([2H])C([2H])([2H])C2(C([2H])([2H])[2H])C([2H])([2H])[2H].[Pt]. The van der Waals surface area contributed by atoms with E-state index in [2.05, 4.69) is 18.5 Å². The third kappa shape index (κ3) is 7.95. The van der Waals surface area contributed by atoms with Crippen LogP contribution in [0.15, 0.2) is 127 Å². The van der Waals surface area contributed by atoms with Gasteiger partial charge in [0.05, 0.1) is 20.8 Å². The quantitative estimate of drug-likeness (QED) is 0.118. The van der Waals surface area contributed by atoms with Gasteiger partial charge in [0.25, 0.3) is 6.33 Å². The second-order valence-electron chi connectivity index (χ2n) is 18.2. The third-order valence-corrected chi connectivity index (χ3v) is 12.6. The number of aryl methyl sites for hydroxylation is 1. The molecule has 0 unspecified atom stereocenters. The van der Waals surface area contributed by atoms with Crippen LogP contribution in [0.5, 0.6) is 11.5 Å². The third-order valence-electron chi connectivity index (χ3n) is 12.6. The largest absolute Gasteiger partial charge is 0.510 e. The number of hydrogen-bond acceptors (Lipinski definition) is 2. The molecule has 11 rings (SSSR count). The van der Waals surface area contributed by atoms with E-state index in [1.165, 1.54) is 18.3 Å². The molecule has 1 saturated carbocycles. The van der Waals surface area contributed by atoms with E-state index in [0.29, 0.717) is 52.0 Å². The number of benzene rings is 6. The predicted octanol–water partition coefficient (Wildman–Crippen LogP) is 15.3. The number of fused-ring (bicyclic) bond motifs is 5. The number of rotatable bonds is 7. The van der Waals surface area contributed by atoms with Crippen LogP contribution in [0, 0.1) is 25.3 Å². The Morgan fingerprint density at radius 1 is 0.806 bits per heavy atom. The molecule has 0 aliphatic heterocycles. The summed E-state index contributed by atoms with van der Waals surface area (Å²) in [5.41, 5.74) is -9.93. The Labute approximate surface area is 443 Å². The van der Waals surface area contributed by atoms with Crippen LogP contribution in [0.2, 0.25) is 0 Å². The summed E-state index contributed by atoms with van der Waals surface area (Å²) in [7, 11) is 0. The fourth-order valence-corrected chi connectivity index (χ4v) is 9.42. The molecule has 3 aromatic heterocycles. The number of para-hydroxylation sites is 4. The van der Waals surface area contributed by atoms with E-state index in [4.69, 9.17) is 30.3 Å². The van der Waals surface area contributed by atoms with Crippen LogP contribution in [-0.4, -0.2) is 14.1 Å². The molecule has 2 aliphatic rings. The number of pyridine rings is 1. The van der Waals surface area contributed by atoms with E-state index in [9.17, 15) is 11.0 Å². The minimum atomic E-state index is -4.50. The van der Waals surface area contributed by atoms with Crippen molar-refractivity contribution in [1.29, 1.82) is 0 Å². The van der Waals surface area contributed by atoms with Gasteiger partial charge in [-0.1, -0.05) is 152 Å². The molecule has 2 aliphatic carbocycles. The first-order valence-electron chi connectivity index (χ1n) is 33.5. The maximum Gasteiger partial charge on any atom is 0.268 e. The predicted molar refractivity (Wildman–Crippen MR) is 270 cm³/mol. The summed E-state index contributed by atoms with van der Waals surface area (Å²) in [4.78, 5) is 4.83. The molecule has 1 fully saturated rings. The zero-order chi connectivity index (χ0) is 65.2. The van der Waals surface area contributed by atoms with Gasteiger partial charge >= 0.3 is 0 Å². The van der Waals surface area contributed by atoms with Crippen molar-refractivity contribution in [3.63, 3.8) is 0 Å². The second kappa shape index (κ2) is 17.1. The Hall–Kier alpha value is -5.77. The normalized spacial score (nSPS) is 24.0. The molecule has 342 valence electrons. The van der Waals surface area contributed by atoms with Crippen LogP contribution in [0.4, 0.5) is 0 Å². The molecule has 0 saturated heterocycles. The summed E-state index contributed by atoms with van der Waals surface area (Å²) in [6, 6.07) is 32.2. The van der Waals surface area contributed by atoms with Gasteiger partial charge in [-0.15, -0.1) is 29.7 Å². The van der Waals surface area contributed by atoms with Gasteiger partial charge in [-0.3, -0.25) is 4.57 Å². The van der Waals surface area contributed by atoms with Crippen molar-refractivity contribution < 1.29 is 61.9 Å². The van der Waals surface area contributed by atoms with E-state index < -0.39 is 104 Å². The molecule has 6 aromatic carbocycles. The number of imidazole rings is 1. The zero-order valence-electron chi connectivity index (χ0n) is 59.9. The summed E-state index contributed by atoms with van der Waals surface area (Å²) in [5.74, 6) is -0.340. The number of hydrogen-bond donors (Lipinski definition) is 0. The van der Waals surface area contributed by atoms with Crippen molar-refractivity contribution >= 4 is 32.8 Å². The van der Waals surface area contributed by atoms with E-state index in [-0.39, 0.29) is 49.4 Å². The number of aromatic nitrogens is 4. The van der Waals surface area contributed by atoms with Gasteiger partial charge in [0, 0.05) is 71.7 Å². The molecule has 0 spiro atoms. The van der Waals surface area contributed by atoms with Gasteiger partial charge in [-0.05, 0) is 117 Å². The minimum absolute atomic E-state index is 0. The molecular formula is C61H60N4OPt-2. The van der Waals surface area contributed by atoms with Crippen molar-refractivity contribution in [2.24, 2.45) is 0 Å². The standard InChI is InChI=1S/C61H60N4O.Pt/c1-40-34-57(62-38-49(40)41-18-10-9-11-19-41)65-53-25-13-12-22-47(53)48-30-29-45(37-56(48)65)66-44-21-16-20-43(36-44)63-39-64(55-27-15-14-26-54(55)63)58-46(23-17-24-51(58)59(2,3)4)42-28-31-50-52(35-42)61(7,8)33-32-60(50,5)6;/h12-17,20-31,34-35,38,41H,9-11,18-19,32-33H2,1-8H3;/q-2;/i1D3,5D3,6D3,7D3,8D3,28D,31D,32D2,33D2,35D,41D;. The smallest absolute Gasteiger partial charge is 0.268 e. The molecule has 3 heterocycles. The Morgan fingerprint density at radius 2 is 1.55 bits per heavy atom. The summed E-state index contributed by atoms with van der Waals surface area (Å²) < 4.78 is 219. The molecule has 6 heteroatoms. The fraction of sp³-hybridized carbons (Fsp3) is 0.311. The Kier molecular flexibility index (Phi) is 6.51. The Morgan fingerprint density at radius 3 is 2.34 bits per heavy atom. The van der Waals surface area contributed by atoms with Crippen molar-refractivity contribution in [2.45, 2.75) is 122 Å². The van der Waals surface area contributed by atoms with Crippen LogP contribution in [0.3, 0.4) is 0 Å². The second-order valence-corrected chi connectivity index (χ2v) is 18.2. The van der Waals surface area contributed by atoms with Gasteiger partial charge < -0.3 is 13.9 Å². The van der Waals surface area contributed by atoms with Gasteiger partial charge in [0.1, 0.15) is 5.82 Å². The first-order valence-corrected chi connectivity index (χ1v) is 22.0. The molecule has 67 heavy (non-hydrogen) atoms. The average Bonchev–Trinajstić information content (AvgIpc) is 1.10. The topological polar surface area (TPSA) is 35.9 Å². The van der Waals surface area contributed by atoms with Gasteiger partial charge in [0.15, 0.2) is 0 Å². The van der Waals surface area contributed by atoms with Gasteiger partial charge in [-0.2, -0.15) is 18.2 Å². The van der Waals surface area contributed by atoms with Crippen molar-refractivity contribution in [2.75, 3.05) is 0 Å². The molecule has 5 nitrogen and oxygen atoms in total. The fourth-order valence-electron chi connectivity index (χ4n) is 9.42. The monoisotopic (exact) mass is 1080 g/mol. The van der Waals surface area contributed by atoms with Gasteiger partial charge in [-0.25, -0.2) is 4.98 Å². The van der Waals surface area contributed by atoms with Crippen molar-refractivity contribution in [3.8, 4) is 39.8 Å². The molecule has 0 amide bonds. The van der Waals surface area contributed by atoms with E-state index >= 15 is 0 Å². The molecular weight excluding hydrogens is 1000 g/mol. The van der Waals surface area contributed by atoms with Crippen LogP contribution in [-0.2, 0) is 37.3 Å². The Balaban J connectivity index is 0.00000891. The van der Waals surface area contributed by atoms with Crippen molar-refractivity contribution in [1.82, 2.24) is 14.1 Å². The maximum atomic E-state index is 10.1. The average molecular weight is 1080 g/mol. The summed E-state index contributed by atoms with van der Waals surface area (Å²) >= 11 is 0.